The van der Waals surface area contributed by atoms with Gasteiger partial charge in [0.15, 0.2) is 0 Å². The van der Waals surface area contributed by atoms with E-state index < -0.39 is 11.7 Å². The summed E-state index contributed by atoms with van der Waals surface area (Å²) in [5, 5.41) is 0.307. The van der Waals surface area contributed by atoms with E-state index in [2.05, 4.69) is 19.8 Å². The van der Waals surface area contributed by atoms with Crippen LogP contribution in [0.15, 0.2) is 30.3 Å². The van der Waals surface area contributed by atoms with Crippen LogP contribution < -0.4 is 10.6 Å². The van der Waals surface area contributed by atoms with Gasteiger partial charge in [0.25, 0.3) is 0 Å². The second kappa shape index (κ2) is 7.90. The Labute approximate surface area is 161 Å². The Morgan fingerprint density at radius 2 is 1.93 bits per heavy atom. The van der Waals surface area contributed by atoms with Crippen molar-refractivity contribution in [2.45, 2.75) is 31.6 Å². The lowest BCUT2D eigenvalue weighted by molar-refractivity contribution is -0.137. The fraction of sp³-hybridized carbons (Fsp3) is 0.444. The first kappa shape index (κ1) is 19.7. The van der Waals surface area contributed by atoms with Crippen molar-refractivity contribution in [3.05, 3.63) is 46.6 Å². The zero-order chi connectivity index (χ0) is 19.6. The summed E-state index contributed by atoms with van der Waals surface area (Å²) in [4.78, 5) is 12.3. The van der Waals surface area contributed by atoms with E-state index in [0.717, 1.165) is 32.0 Å². The molecule has 0 radical (unpaired) electrons. The van der Waals surface area contributed by atoms with Gasteiger partial charge >= 0.3 is 6.18 Å². The van der Waals surface area contributed by atoms with Gasteiger partial charge in [-0.05, 0) is 31.5 Å². The minimum atomic E-state index is -4.32. The van der Waals surface area contributed by atoms with E-state index in [0.29, 0.717) is 23.1 Å². The fourth-order valence-corrected chi connectivity index (χ4v) is 3.57. The number of benzene rings is 1. The third kappa shape index (κ3) is 5.01. The van der Waals surface area contributed by atoms with Crippen LogP contribution in [0.1, 0.15) is 24.0 Å². The molecule has 1 aliphatic heterocycles. The lowest BCUT2D eigenvalue weighted by Gasteiger charge is -2.37. The highest BCUT2D eigenvalue weighted by molar-refractivity contribution is 6.29. The molecule has 0 amide bonds. The van der Waals surface area contributed by atoms with Crippen LogP contribution in [0.2, 0.25) is 5.15 Å². The fourth-order valence-electron chi connectivity index (χ4n) is 3.38. The molecule has 0 unspecified atom stereocenters. The summed E-state index contributed by atoms with van der Waals surface area (Å²) in [6, 6.07) is 7.47. The molecular weight excluding hydrogens is 379 g/mol. The highest BCUT2D eigenvalue weighted by atomic mass is 35.5. The van der Waals surface area contributed by atoms with Gasteiger partial charge in [-0.25, -0.2) is 4.98 Å². The van der Waals surface area contributed by atoms with Gasteiger partial charge in [-0.2, -0.15) is 18.2 Å². The topological polar surface area (TPSA) is 58.3 Å². The summed E-state index contributed by atoms with van der Waals surface area (Å²) in [6.07, 6.45) is -2.57. The van der Waals surface area contributed by atoms with Crippen molar-refractivity contribution in [2.24, 2.45) is 0 Å². The van der Waals surface area contributed by atoms with Crippen LogP contribution in [0.25, 0.3) is 0 Å². The average molecular weight is 400 g/mol. The highest BCUT2D eigenvalue weighted by Gasteiger charge is 2.30. The van der Waals surface area contributed by atoms with Crippen LogP contribution in [-0.2, 0) is 12.7 Å². The van der Waals surface area contributed by atoms with Gasteiger partial charge in [-0.1, -0.05) is 29.8 Å². The number of hydrogen-bond donors (Lipinski definition) is 1. The second-order valence-electron chi connectivity index (χ2n) is 6.74. The Morgan fingerprint density at radius 1 is 1.22 bits per heavy atom. The van der Waals surface area contributed by atoms with Gasteiger partial charge in [0.2, 0.25) is 5.95 Å². The van der Waals surface area contributed by atoms with E-state index in [1.54, 1.807) is 12.1 Å². The van der Waals surface area contributed by atoms with Gasteiger partial charge in [0.1, 0.15) is 11.0 Å². The minimum absolute atomic E-state index is 0.140. The molecule has 2 aromatic rings. The molecule has 1 aromatic carbocycles. The van der Waals surface area contributed by atoms with Crippen LogP contribution in [0, 0.1) is 0 Å². The van der Waals surface area contributed by atoms with E-state index in [4.69, 9.17) is 17.3 Å². The van der Waals surface area contributed by atoms with E-state index in [-0.39, 0.29) is 12.0 Å². The van der Waals surface area contributed by atoms with Crippen LogP contribution in [0.3, 0.4) is 0 Å². The predicted octanol–water partition coefficient (Wildman–Crippen LogP) is 3.83. The molecule has 0 saturated carbocycles. The van der Waals surface area contributed by atoms with Crippen LogP contribution in [0.5, 0.6) is 0 Å². The number of aromatic nitrogens is 2. The first-order valence-electron chi connectivity index (χ1n) is 8.64. The molecule has 0 aliphatic carbocycles. The normalized spacial score (nSPS) is 16.1. The Balaban J connectivity index is 1.59. The summed E-state index contributed by atoms with van der Waals surface area (Å²) >= 11 is 5.94. The number of rotatable bonds is 4. The summed E-state index contributed by atoms with van der Waals surface area (Å²) in [6.45, 7) is 2.01. The third-order valence-electron chi connectivity index (χ3n) is 4.80. The Hall–Kier alpha value is -2.06. The molecule has 146 valence electrons. The quantitative estimate of drug-likeness (QED) is 0.792. The SMILES string of the molecule is CN(Cc1cccc(C(F)(F)F)c1)C1CCN(c2cc(Cl)nc(N)n2)CC1. The van der Waals surface area contributed by atoms with Gasteiger partial charge in [-0.3, -0.25) is 4.90 Å². The molecule has 1 fully saturated rings. The number of nitrogens with zero attached hydrogens (tertiary/aromatic N) is 4. The Morgan fingerprint density at radius 3 is 2.56 bits per heavy atom. The van der Waals surface area contributed by atoms with E-state index >= 15 is 0 Å². The van der Waals surface area contributed by atoms with E-state index in [1.165, 1.54) is 12.1 Å². The van der Waals surface area contributed by atoms with Gasteiger partial charge in [0, 0.05) is 31.7 Å². The van der Waals surface area contributed by atoms with E-state index in [9.17, 15) is 13.2 Å². The van der Waals surface area contributed by atoms with Crippen LogP contribution >= 0.6 is 11.6 Å². The van der Waals surface area contributed by atoms with Crippen molar-refractivity contribution in [1.82, 2.24) is 14.9 Å². The Bertz CT molecular complexity index is 771. The molecule has 27 heavy (non-hydrogen) atoms. The van der Waals surface area contributed by atoms with Crippen LogP contribution in [-0.4, -0.2) is 41.0 Å². The molecular formula is C18H21ClF3N5. The van der Waals surface area contributed by atoms with Crippen molar-refractivity contribution >= 4 is 23.4 Å². The van der Waals surface area contributed by atoms with Crippen molar-refractivity contribution in [3.63, 3.8) is 0 Å². The number of alkyl halides is 3. The lowest BCUT2D eigenvalue weighted by Crippen LogP contribution is -2.43. The van der Waals surface area contributed by atoms with Crippen molar-refractivity contribution in [3.8, 4) is 0 Å². The molecule has 0 bridgehead atoms. The van der Waals surface area contributed by atoms with Gasteiger partial charge in [-0.15, -0.1) is 0 Å². The average Bonchev–Trinajstić information content (AvgIpc) is 2.60. The van der Waals surface area contributed by atoms with Crippen LogP contribution in [0.4, 0.5) is 24.9 Å². The maximum absolute atomic E-state index is 12.9. The monoisotopic (exact) mass is 399 g/mol. The zero-order valence-corrected chi connectivity index (χ0v) is 15.6. The smallest absolute Gasteiger partial charge is 0.368 e. The highest BCUT2D eigenvalue weighted by Crippen LogP contribution is 2.30. The molecule has 9 heteroatoms. The predicted molar refractivity (Wildman–Crippen MR) is 99.6 cm³/mol. The number of nitrogens with two attached hydrogens (primary N) is 1. The molecule has 5 nitrogen and oxygen atoms in total. The standard InChI is InChI=1S/C18H21ClF3N5/c1-26(11-12-3-2-4-13(9-12)18(20,21)22)14-5-7-27(8-6-14)16-10-15(19)24-17(23)25-16/h2-4,9-10,14H,5-8,11H2,1H3,(H2,23,24,25). The molecule has 0 atom stereocenters. The molecule has 1 aromatic heterocycles. The first-order valence-corrected chi connectivity index (χ1v) is 9.01. The number of nitrogen functional groups attached to an aromatic ring is 1. The zero-order valence-electron chi connectivity index (χ0n) is 14.9. The molecule has 2 N–H and O–H groups in total. The summed E-state index contributed by atoms with van der Waals surface area (Å²) in [5.74, 6) is 0.841. The number of piperidine rings is 1. The summed E-state index contributed by atoms with van der Waals surface area (Å²) in [7, 11) is 1.94. The molecule has 2 heterocycles. The maximum Gasteiger partial charge on any atom is 0.416 e. The Kier molecular flexibility index (Phi) is 5.76. The van der Waals surface area contributed by atoms with Crippen molar-refractivity contribution in [2.75, 3.05) is 30.8 Å². The maximum atomic E-state index is 12.9. The second-order valence-corrected chi connectivity index (χ2v) is 7.13. The molecule has 3 rings (SSSR count). The number of halogens is 4. The van der Waals surface area contributed by atoms with E-state index in [1.807, 2.05) is 7.05 Å². The largest absolute Gasteiger partial charge is 0.416 e. The number of hydrogen-bond acceptors (Lipinski definition) is 5. The van der Waals surface area contributed by atoms with Gasteiger partial charge < -0.3 is 10.6 Å². The first-order chi connectivity index (χ1) is 12.7. The van der Waals surface area contributed by atoms with Gasteiger partial charge in [0.05, 0.1) is 5.56 Å². The number of anilines is 2. The summed E-state index contributed by atoms with van der Waals surface area (Å²) < 4.78 is 38.6. The van der Waals surface area contributed by atoms with Crippen molar-refractivity contribution in [1.29, 1.82) is 0 Å². The minimum Gasteiger partial charge on any atom is -0.368 e. The molecule has 1 aliphatic rings. The molecule has 0 spiro atoms. The van der Waals surface area contributed by atoms with Crippen molar-refractivity contribution < 1.29 is 13.2 Å². The lowest BCUT2D eigenvalue weighted by atomic mass is 10.0. The third-order valence-corrected chi connectivity index (χ3v) is 4.99. The molecule has 1 saturated heterocycles. The summed E-state index contributed by atoms with van der Waals surface area (Å²) in [5.41, 5.74) is 5.70.